The third-order valence-corrected chi connectivity index (χ3v) is 6.83. The predicted octanol–water partition coefficient (Wildman–Crippen LogP) is 4.70. The van der Waals surface area contributed by atoms with E-state index in [9.17, 15) is 9.18 Å². The number of halogens is 1. The van der Waals surface area contributed by atoms with Crippen molar-refractivity contribution >= 4 is 45.3 Å². The van der Waals surface area contributed by atoms with Gasteiger partial charge >= 0.3 is 5.97 Å². The van der Waals surface area contributed by atoms with E-state index in [0.717, 1.165) is 53.9 Å². The molecule has 0 saturated carbocycles. The van der Waals surface area contributed by atoms with Crippen LogP contribution in [-0.4, -0.2) is 24.2 Å². The number of carbonyl (C=O) groups is 1. The van der Waals surface area contributed by atoms with Crippen LogP contribution in [0.5, 0.6) is 0 Å². The average Bonchev–Trinajstić information content (AvgIpc) is 3.21. The molecule has 142 valence electrons. The second-order valence-corrected chi connectivity index (χ2v) is 8.51. The molecule has 2 aromatic rings. The Morgan fingerprint density at radius 3 is 2.96 bits per heavy atom. The van der Waals surface area contributed by atoms with Crippen LogP contribution in [0.4, 0.5) is 15.1 Å². The second kappa shape index (κ2) is 7.20. The first-order chi connectivity index (χ1) is 13.0. The SMILES string of the molecule is COC(=O)c1c(NC(=S)N2c3ccc(F)cc3CCC2C)sc2c1CCC2. The van der Waals surface area contributed by atoms with E-state index in [0.29, 0.717) is 10.7 Å². The average molecular weight is 405 g/mol. The minimum absolute atomic E-state index is 0.191. The molecule has 1 aromatic carbocycles. The van der Waals surface area contributed by atoms with Gasteiger partial charge in [0.2, 0.25) is 0 Å². The highest BCUT2D eigenvalue weighted by Crippen LogP contribution is 2.40. The first-order valence-corrected chi connectivity index (χ1v) is 10.3. The maximum atomic E-state index is 13.6. The van der Waals surface area contributed by atoms with Crippen LogP contribution in [0.2, 0.25) is 0 Å². The number of thiocarbonyl (C=S) groups is 1. The Hall–Kier alpha value is -1.99. The van der Waals surface area contributed by atoms with Crippen molar-refractivity contribution in [3.63, 3.8) is 0 Å². The van der Waals surface area contributed by atoms with Crippen LogP contribution in [-0.2, 0) is 24.0 Å². The van der Waals surface area contributed by atoms with E-state index in [4.69, 9.17) is 17.0 Å². The summed E-state index contributed by atoms with van der Waals surface area (Å²) in [6.07, 6.45) is 4.67. The van der Waals surface area contributed by atoms with Crippen molar-refractivity contribution < 1.29 is 13.9 Å². The fourth-order valence-corrected chi connectivity index (χ4v) is 5.72. The van der Waals surface area contributed by atoms with Crippen LogP contribution in [0.3, 0.4) is 0 Å². The first-order valence-electron chi connectivity index (χ1n) is 9.11. The third kappa shape index (κ3) is 3.23. The summed E-state index contributed by atoms with van der Waals surface area (Å²) in [4.78, 5) is 15.6. The zero-order valence-corrected chi connectivity index (χ0v) is 16.9. The van der Waals surface area contributed by atoms with E-state index in [-0.39, 0.29) is 17.8 Å². The summed E-state index contributed by atoms with van der Waals surface area (Å²) >= 11 is 7.29. The Kier molecular flexibility index (Phi) is 4.90. The Morgan fingerprint density at radius 2 is 2.19 bits per heavy atom. The number of hydrogen-bond donors (Lipinski definition) is 1. The molecule has 4 rings (SSSR count). The van der Waals surface area contributed by atoms with Gasteiger partial charge in [-0.05, 0) is 80.6 Å². The summed E-state index contributed by atoms with van der Waals surface area (Å²) in [5.74, 6) is -0.557. The Balaban J connectivity index is 1.67. The second-order valence-electron chi connectivity index (χ2n) is 7.01. The van der Waals surface area contributed by atoms with E-state index in [1.807, 2.05) is 4.90 Å². The van der Waals surface area contributed by atoms with Crippen LogP contribution in [0, 0.1) is 5.82 Å². The molecule has 0 radical (unpaired) electrons. The van der Waals surface area contributed by atoms with Gasteiger partial charge in [0.05, 0.1) is 12.7 Å². The van der Waals surface area contributed by atoms with Gasteiger partial charge in [-0.1, -0.05) is 0 Å². The van der Waals surface area contributed by atoms with Gasteiger partial charge in [0, 0.05) is 16.6 Å². The number of thiophene rings is 1. The van der Waals surface area contributed by atoms with E-state index >= 15 is 0 Å². The number of fused-ring (bicyclic) bond motifs is 2. The summed E-state index contributed by atoms with van der Waals surface area (Å²) in [7, 11) is 1.40. The Morgan fingerprint density at radius 1 is 1.37 bits per heavy atom. The van der Waals surface area contributed by atoms with Crippen LogP contribution in [0.25, 0.3) is 0 Å². The lowest BCUT2D eigenvalue weighted by molar-refractivity contribution is 0.0601. The summed E-state index contributed by atoms with van der Waals surface area (Å²) in [5, 5.41) is 4.57. The maximum absolute atomic E-state index is 13.6. The number of anilines is 2. The molecule has 2 heterocycles. The molecule has 0 saturated heterocycles. The number of nitrogens with zero attached hydrogens (tertiary/aromatic N) is 1. The lowest BCUT2D eigenvalue weighted by atomic mass is 9.97. The largest absolute Gasteiger partial charge is 0.465 e. The van der Waals surface area contributed by atoms with E-state index in [1.54, 1.807) is 23.5 Å². The Bertz CT molecular complexity index is 925. The highest BCUT2D eigenvalue weighted by atomic mass is 32.1. The molecule has 1 atom stereocenters. The minimum Gasteiger partial charge on any atom is -0.465 e. The number of esters is 1. The van der Waals surface area contributed by atoms with Crippen molar-refractivity contribution in [2.45, 2.75) is 45.1 Å². The number of nitrogens with one attached hydrogen (secondary N) is 1. The number of rotatable bonds is 2. The van der Waals surface area contributed by atoms with Crippen molar-refractivity contribution in [3.8, 4) is 0 Å². The molecule has 1 N–H and O–H groups in total. The number of benzene rings is 1. The summed E-state index contributed by atoms with van der Waals surface area (Å²) in [6.45, 7) is 2.11. The molecule has 4 nitrogen and oxygen atoms in total. The smallest absolute Gasteiger partial charge is 0.341 e. The minimum atomic E-state index is -0.325. The highest BCUT2D eigenvalue weighted by Gasteiger charge is 2.31. The molecule has 7 heteroatoms. The van der Waals surface area contributed by atoms with Crippen LogP contribution in [0.15, 0.2) is 18.2 Å². The number of methoxy groups -OCH3 is 1. The standard InChI is InChI=1S/C20H21FN2O2S2/c1-11-6-7-12-10-13(21)8-9-15(12)23(11)20(26)22-18-17(19(24)25-2)14-4-3-5-16(14)27-18/h8-11H,3-7H2,1-2H3,(H,22,26). The van der Waals surface area contributed by atoms with Gasteiger partial charge in [-0.15, -0.1) is 11.3 Å². The van der Waals surface area contributed by atoms with Crippen molar-refractivity contribution in [2.75, 3.05) is 17.3 Å². The van der Waals surface area contributed by atoms with Gasteiger partial charge in [0.15, 0.2) is 5.11 Å². The quantitative estimate of drug-likeness (QED) is 0.580. The van der Waals surface area contributed by atoms with Crippen LogP contribution >= 0.6 is 23.6 Å². The van der Waals surface area contributed by atoms with Gasteiger partial charge in [-0.3, -0.25) is 0 Å². The third-order valence-electron chi connectivity index (χ3n) is 5.32. The molecular weight excluding hydrogens is 383 g/mol. The van der Waals surface area contributed by atoms with Crippen molar-refractivity contribution in [1.29, 1.82) is 0 Å². The first kappa shape index (κ1) is 18.4. The zero-order chi connectivity index (χ0) is 19.1. The summed E-state index contributed by atoms with van der Waals surface area (Å²) in [6, 6.07) is 5.02. The fourth-order valence-electron chi connectivity index (χ4n) is 4.00. The number of hydrogen-bond acceptors (Lipinski definition) is 4. The van der Waals surface area contributed by atoms with E-state index in [1.165, 1.54) is 18.1 Å². The summed E-state index contributed by atoms with van der Waals surface area (Å²) < 4.78 is 18.6. The van der Waals surface area contributed by atoms with Crippen LogP contribution < -0.4 is 10.2 Å². The topological polar surface area (TPSA) is 41.6 Å². The molecule has 27 heavy (non-hydrogen) atoms. The molecule has 1 aliphatic carbocycles. The number of carbonyl (C=O) groups excluding carboxylic acids is 1. The fraction of sp³-hybridized carbons (Fsp3) is 0.400. The number of ether oxygens (including phenoxy) is 1. The van der Waals surface area contributed by atoms with Gasteiger partial charge in [0.25, 0.3) is 0 Å². The van der Waals surface area contributed by atoms with E-state index in [2.05, 4.69) is 12.2 Å². The molecule has 1 aromatic heterocycles. The lowest BCUT2D eigenvalue weighted by Gasteiger charge is -2.37. The summed E-state index contributed by atoms with van der Waals surface area (Å²) in [5.41, 5.74) is 3.59. The van der Waals surface area contributed by atoms with Gasteiger partial charge in [-0.25, -0.2) is 9.18 Å². The maximum Gasteiger partial charge on any atom is 0.341 e. The molecule has 0 fully saturated rings. The molecular formula is C20H21FN2O2S2. The Labute approximate surface area is 167 Å². The highest BCUT2D eigenvalue weighted by molar-refractivity contribution is 7.80. The lowest BCUT2D eigenvalue weighted by Crippen LogP contribution is -2.44. The van der Waals surface area contributed by atoms with Crippen molar-refractivity contribution in [1.82, 2.24) is 0 Å². The van der Waals surface area contributed by atoms with E-state index < -0.39 is 0 Å². The zero-order valence-electron chi connectivity index (χ0n) is 15.3. The molecule has 0 amide bonds. The van der Waals surface area contributed by atoms with Gasteiger partial charge < -0.3 is 15.0 Å². The normalized spacial score (nSPS) is 18.0. The number of aryl methyl sites for hydroxylation is 2. The molecule has 0 bridgehead atoms. The van der Waals surface area contributed by atoms with Gasteiger partial charge in [-0.2, -0.15) is 0 Å². The predicted molar refractivity (Wildman–Crippen MR) is 111 cm³/mol. The van der Waals surface area contributed by atoms with Crippen molar-refractivity contribution in [2.24, 2.45) is 0 Å². The van der Waals surface area contributed by atoms with Crippen molar-refractivity contribution in [3.05, 3.63) is 45.6 Å². The van der Waals surface area contributed by atoms with Crippen LogP contribution in [0.1, 0.15) is 46.1 Å². The monoisotopic (exact) mass is 404 g/mol. The molecule has 2 aliphatic rings. The molecule has 1 aliphatic heterocycles. The van der Waals surface area contributed by atoms with Gasteiger partial charge in [0.1, 0.15) is 10.8 Å². The molecule has 0 spiro atoms. The molecule has 1 unspecified atom stereocenters.